The molecular weight excluding hydrogens is 166 g/mol. The summed E-state index contributed by atoms with van der Waals surface area (Å²) in [6.07, 6.45) is 5.66. The average molecular weight is 179 g/mol. The van der Waals surface area contributed by atoms with Gasteiger partial charge in [-0.3, -0.25) is 0 Å². The number of nitrogens with two attached hydrogens (primary N) is 2. The second-order valence-corrected chi connectivity index (χ2v) is 2.55. The van der Waals surface area contributed by atoms with Crippen molar-refractivity contribution in [3.63, 3.8) is 0 Å². The van der Waals surface area contributed by atoms with Crippen molar-refractivity contribution in [3.05, 3.63) is 18.0 Å². The number of hydrogen-bond acceptors (Lipinski definition) is 5. The number of allylic oxidation sites excluding steroid dienone is 2. The summed E-state index contributed by atoms with van der Waals surface area (Å²) in [7, 11) is 0. The van der Waals surface area contributed by atoms with Crippen molar-refractivity contribution >= 4 is 11.9 Å². The van der Waals surface area contributed by atoms with Crippen LogP contribution in [0.5, 0.6) is 0 Å². The Morgan fingerprint density at radius 3 is 2.23 bits per heavy atom. The Hall–Kier alpha value is -1.65. The van der Waals surface area contributed by atoms with Crippen LogP contribution in [0.3, 0.4) is 0 Å². The number of rotatable bonds is 3. The first kappa shape index (κ1) is 9.44. The van der Waals surface area contributed by atoms with Crippen molar-refractivity contribution in [2.45, 2.75) is 19.8 Å². The van der Waals surface area contributed by atoms with Crippen molar-refractivity contribution < 1.29 is 0 Å². The van der Waals surface area contributed by atoms with Gasteiger partial charge in [0, 0.05) is 6.42 Å². The molecule has 0 aliphatic heterocycles. The molecule has 0 unspecified atom stereocenters. The van der Waals surface area contributed by atoms with Crippen molar-refractivity contribution in [3.8, 4) is 0 Å². The van der Waals surface area contributed by atoms with E-state index in [9.17, 15) is 0 Å². The van der Waals surface area contributed by atoms with Gasteiger partial charge < -0.3 is 11.5 Å². The lowest BCUT2D eigenvalue weighted by Gasteiger charge is -1.97. The first-order chi connectivity index (χ1) is 6.22. The Bertz CT molecular complexity index is 287. The third-order valence-corrected chi connectivity index (χ3v) is 1.42. The molecule has 0 saturated heterocycles. The van der Waals surface area contributed by atoms with Gasteiger partial charge in [-0.25, -0.2) is 0 Å². The molecule has 0 saturated carbocycles. The fraction of sp³-hybridized carbons (Fsp3) is 0.375. The highest BCUT2D eigenvalue weighted by molar-refractivity contribution is 5.26. The van der Waals surface area contributed by atoms with Crippen molar-refractivity contribution in [1.29, 1.82) is 0 Å². The first-order valence-electron chi connectivity index (χ1n) is 4.13. The molecule has 0 atom stereocenters. The molecule has 0 radical (unpaired) electrons. The van der Waals surface area contributed by atoms with Crippen molar-refractivity contribution in [2.75, 3.05) is 11.5 Å². The molecule has 5 heteroatoms. The second kappa shape index (κ2) is 4.39. The molecule has 0 bridgehead atoms. The fourth-order valence-corrected chi connectivity index (χ4v) is 0.904. The van der Waals surface area contributed by atoms with Gasteiger partial charge in [-0.1, -0.05) is 19.1 Å². The van der Waals surface area contributed by atoms with Gasteiger partial charge in [0.1, 0.15) is 5.82 Å². The molecule has 5 nitrogen and oxygen atoms in total. The van der Waals surface area contributed by atoms with E-state index in [0.29, 0.717) is 12.2 Å². The lowest BCUT2D eigenvalue weighted by molar-refractivity contribution is 0.952. The summed E-state index contributed by atoms with van der Waals surface area (Å²) in [5.74, 6) is 0.953. The first-order valence-corrected chi connectivity index (χ1v) is 4.13. The smallest absolute Gasteiger partial charge is 0.225 e. The van der Waals surface area contributed by atoms with Gasteiger partial charge in [-0.15, -0.1) is 0 Å². The van der Waals surface area contributed by atoms with E-state index in [2.05, 4.69) is 21.9 Å². The summed E-state index contributed by atoms with van der Waals surface area (Å²) >= 11 is 0. The molecule has 1 aromatic rings. The Labute approximate surface area is 76.9 Å². The average Bonchev–Trinajstić information content (AvgIpc) is 2.03. The van der Waals surface area contributed by atoms with Crippen LogP contribution >= 0.6 is 0 Å². The standard InChI is InChI=1S/C8H13N5/c1-2-3-4-5-6-11-7(9)13-8(10)12-6/h3-4H,2,5H2,1H3,(H4,9,10,11,12,13)/b4-3+. The molecule has 0 aliphatic rings. The maximum atomic E-state index is 5.40. The zero-order valence-corrected chi connectivity index (χ0v) is 7.57. The summed E-state index contributed by atoms with van der Waals surface area (Å²) in [5.41, 5.74) is 10.8. The largest absolute Gasteiger partial charge is 0.368 e. The van der Waals surface area contributed by atoms with Gasteiger partial charge in [0.15, 0.2) is 0 Å². The zero-order chi connectivity index (χ0) is 9.68. The molecule has 0 aromatic carbocycles. The highest BCUT2D eigenvalue weighted by Crippen LogP contribution is 1.99. The van der Waals surface area contributed by atoms with E-state index in [1.165, 1.54) is 0 Å². The molecule has 70 valence electrons. The van der Waals surface area contributed by atoms with Gasteiger partial charge >= 0.3 is 0 Å². The lowest BCUT2D eigenvalue weighted by atomic mass is 10.3. The predicted molar refractivity (Wildman–Crippen MR) is 51.8 cm³/mol. The molecule has 1 aromatic heterocycles. The molecule has 1 heterocycles. The van der Waals surface area contributed by atoms with Gasteiger partial charge in [-0.05, 0) is 6.42 Å². The van der Waals surface area contributed by atoms with E-state index in [1.807, 2.05) is 12.2 Å². The van der Waals surface area contributed by atoms with Gasteiger partial charge in [-0.2, -0.15) is 15.0 Å². The molecule has 1 rings (SSSR count). The molecule has 0 amide bonds. The van der Waals surface area contributed by atoms with Crippen molar-refractivity contribution in [1.82, 2.24) is 15.0 Å². The van der Waals surface area contributed by atoms with Crippen LogP contribution in [0.1, 0.15) is 19.2 Å². The lowest BCUT2D eigenvalue weighted by Crippen LogP contribution is -2.06. The monoisotopic (exact) mass is 179 g/mol. The summed E-state index contributed by atoms with van der Waals surface area (Å²) in [6.45, 7) is 2.06. The minimum atomic E-state index is 0.174. The van der Waals surface area contributed by atoms with Crippen LogP contribution in [-0.2, 0) is 6.42 Å². The van der Waals surface area contributed by atoms with Gasteiger partial charge in [0.2, 0.25) is 11.9 Å². The molecule has 4 N–H and O–H groups in total. The highest BCUT2D eigenvalue weighted by atomic mass is 15.1. The number of anilines is 2. The maximum Gasteiger partial charge on any atom is 0.225 e. The minimum Gasteiger partial charge on any atom is -0.368 e. The van der Waals surface area contributed by atoms with Crippen LogP contribution in [0.15, 0.2) is 12.2 Å². The topological polar surface area (TPSA) is 90.7 Å². The quantitative estimate of drug-likeness (QED) is 0.661. The Morgan fingerprint density at radius 1 is 1.08 bits per heavy atom. The predicted octanol–water partition coefficient (Wildman–Crippen LogP) is 0.545. The summed E-state index contributed by atoms with van der Waals surface area (Å²) in [5, 5.41) is 0. The number of nitrogen functional groups attached to an aromatic ring is 2. The number of hydrogen-bond donors (Lipinski definition) is 2. The van der Waals surface area contributed by atoms with Crippen LogP contribution < -0.4 is 11.5 Å². The van der Waals surface area contributed by atoms with Gasteiger partial charge in [0.25, 0.3) is 0 Å². The number of aromatic nitrogens is 3. The fourth-order valence-electron chi connectivity index (χ4n) is 0.904. The van der Waals surface area contributed by atoms with E-state index in [0.717, 1.165) is 6.42 Å². The van der Waals surface area contributed by atoms with Crippen molar-refractivity contribution in [2.24, 2.45) is 0 Å². The molecular formula is C8H13N5. The van der Waals surface area contributed by atoms with Gasteiger partial charge in [0.05, 0.1) is 0 Å². The van der Waals surface area contributed by atoms with E-state index in [4.69, 9.17) is 11.5 Å². The van der Waals surface area contributed by atoms with E-state index < -0.39 is 0 Å². The van der Waals surface area contributed by atoms with E-state index in [1.54, 1.807) is 0 Å². The summed E-state index contributed by atoms with van der Waals surface area (Å²) in [6, 6.07) is 0. The number of nitrogens with zero attached hydrogens (tertiary/aromatic N) is 3. The molecule has 13 heavy (non-hydrogen) atoms. The SMILES string of the molecule is CC/C=C/Cc1nc(N)nc(N)n1. The van der Waals surface area contributed by atoms with Crippen LogP contribution in [0, 0.1) is 0 Å². The minimum absolute atomic E-state index is 0.174. The van der Waals surface area contributed by atoms with E-state index >= 15 is 0 Å². The third kappa shape index (κ3) is 3.06. The van der Waals surface area contributed by atoms with E-state index in [-0.39, 0.29) is 11.9 Å². The Balaban J connectivity index is 2.71. The molecule has 0 fully saturated rings. The maximum absolute atomic E-state index is 5.40. The third-order valence-electron chi connectivity index (χ3n) is 1.42. The van der Waals surface area contributed by atoms with Crippen LogP contribution in [0.4, 0.5) is 11.9 Å². The zero-order valence-electron chi connectivity index (χ0n) is 7.57. The Morgan fingerprint density at radius 2 is 1.69 bits per heavy atom. The van der Waals surface area contributed by atoms with Crippen LogP contribution in [0.2, 0.25) is 0 Å². The Kier molecular flexibility index (Phi) is 3.19. The van der Waals surface area contributed by atoms with Crippen LogP contribution in [-0.4, -0.2) is 15.0 Å². The summed E-state index contributed by atoms with van der Waals surface area (Å²) in [4.78, 5) is 11.5. The summed E-state index contributed by atoms with van der Waals surface area (Å²) < 4.78 is 0. The van der Waals surface area contributed by atoms with Crippen LogP contribution in [0.25, 0.3) is 0 Å². The second-order valence-electron chi connectivity index (χ2n) is 2.55. The normalized spacial score (nSPS) is 10.8. The molecule has 0 aliphatic carbocycles. The molecule has 0 spiro atoms. The highest BCUT2D eigenvalue weighted by Gasteiger charge is 1.98.